The second-order valence-corrected chi connectivity index (χ2v) is 8.83. The standard InChI is InChI=1S/C22H36N2O4/c1-21(25)10-14-28-22(17-21)8-11-24(12-9-22)16-18-6-5-7-19(26-4)20(18)27-15-13-23(2)3/h5-7,25H,8-17H2,1-4H3. The monoisotopic (exact) mass is 392 g/mol. The number of piperidine rings is 1. The normalized spacial score (nSPS) is 25.2. The Morgan fingerprint density at radius 3 is 2.61 bits per heavy atom. The van der Waals surface area contributed by atoms with E-state index in [0.29, 0.717) is 13.2 Å². The minimum absolute atomic E-state index is 0.155. The van der Waals surface area contributed by atoms with Gasteiger partial charge in [0.15, 0.2) is 11.5 Å². The van der Waals surface area contributed by atoms with E-state index in [1.165, 1.54) is 0 Å². The molecule has 2 aliphatic rings. The van der Waals surface area contributed by atoms with E-state index in [9.17, 15) is 5.11 Å². The third-order valence-corrected chi connectivity index (χ3v) is 5.98. The van der Waals surface area contributed by atoms with Crippen molar-refractivity contribution in [3.63, 3.8) is 0 Å². The molecule has 0 aromatic heterocycles. The molecule has 158 valence electrons. The second kappa shape index (κ2) is 8.99. The molecule has 6 nitrogen and oxygen atoms in total. The molecule has 0 aliphatic carbocycles. The number of hydrogen-bond donors (Lipinski definition) is 1. The predicted octanol–water partition coefficient (Wildman–Crippen LogP) is 2.53. The average Bonchev–Trinajstić information content (AvgIpc) is 2.63. The van der Waals surface area contributed by atoms with Crippen molar-refractivity contribution in [1.82, 2.24) is 9.80 Å². The maximum Gasteiger partial charge on any atom is 0.165 e. The van der Waals surface area contributed by atoms with E-state index < -0.39 is 5.60 Å². The first-order valence-electron chi connectivity index (χ1n) is 10.3. The van der Waals surface area contributed by atoms with E-state index in [1.807, 2.05) is 33.2 Å². The first-order chi connectivity index (χ1) is 13.3. The lowest BCUT2D eigenvalue weighted by Gasteiger charge is -2.48. The van der Waals surface area contributed by atoms with Crippen LogP contribution in [0.4, 0.5) is 0 Å². The lowest BCUT2D eigenvalue weighted by atomic mass is 9.78. The zero-order chi connectivity index (χ0) is 20.2. The fourth-order valence-corrected chi connectivity index (χ4v) is 4.34. The number of likely N-dealkylation sites (tertiary alicyclic amines) is 1. The summed E-state index contributed by atoms with van der Waals surface area (Å²) >= 11 is 0. The third-order valence-electron chi connectivity index (χ3n) is 5.98. The van der Waals surface area contributed by atoms with Crippen molar-refractivity contribution in [2.75, 3.05) is 54.1 Å². The lowest BCUT2D eigenvalue weighted by Crippen LogP contribution is -2.53. The average molecular weight is 393 g/mol. The molecule has 1 N–H and O–H groups in total. The van der Waals surface area contributed by atoms with Crippen LogP contribution in [0.2, 0.25) is 0 Å². The van der Waals surface area contributed by atoms with Crippen LogP contribution in [0.15, 0.2) is 18.2 Å². The van der Waals surface area contributed by atoms with E-state index in [4.69, 9.17) is 14.2 Å². The van der Waals surface area contributed by atoms with Crippen LogP contribution < -0.4 is 9.47 Å². The number of benzene rings is 1. The smallest absolute Gasteiger partial charge is 0.165 e. The van der Waals surface area contributed by atoms with Gasteiger partial charge in [-0.25, -0.2) is 0 Å². The molecule has 1 aromatic carbocycles. The highest BCUT2D eigenvalue weighted by Gasteiger charge is 2.44. The van der Waals surface area contributed by atoms with Crippen LogP contribution in [-0.2, 0) is 11.3 Å². The van der Waals surface area contributed by atoms with Gasteiger partial charge in [-0.2, -0.15) is 0 Å². The van der Waals surface area contributed by atoms with E-state index in [1.54, 1.807) is 7.11 Å². The maximum absolute atomic E-state index is 10.5. The number of ether oxygens (including phenoxy) is 3. The number of rotatable bonds is 7. The molecule has 2 fully saturated rings. The first kappa shape index (κ1) is 21.4. The van der Waals surface area contributed by atoms with E-state index in [2.05, 4.69) is 15.9 Å². The van der Waals surface area contributed by atoms with Crippen LogP contribution >= 0.6 is 0 Å². The first-order valence-corrected chi connectivity index (χ1v) is 10.3. The highest BCUT2D eigenvalue weighted by molar-refractivity contribution is 5.46. The Bertz CT molecular complexity index is 639. The molecule has 1 unspecified atom stereocenters. The summed E-state index contributed by atoms with van der Waals surface area (Å²) in [5, 5.41) is 10.5. The molecule has 2 saturated heterocycles. The van der Waals surface area contributed by atoms with Crippen molar-refractivity contribution in [3.05, 3.63) is 23.8 Å². The van der Waals surface area contributed by atoms with Crippen molar-refractivity contribution < 1.29 is 19.3 Å². The molecule has 1 spiro atoms. The number of nitrogens with zero attached hydrogens (tertiary/aromatic N) is 2. The van der Waals surface area contributed by atoms with Crippen LogP contribution in [0.25, 0.3) is 0 Å². The Hall–Kier alpha value is -1.34. The van der Waals surface area contributed by atoms with Crippen molar-refractivity contribution >= 4 is 0 Å². The SMILES string of the molecule is COc1cccc(CN2CCC3(CC2)CC(C)(O)CCO3)c1OCCN(C)C. The number of aliphatic hydroxyl groups is 1. The van der Waals surface area contributed by atoms with Gasteiger partial charge in [0.1, 0.15) is 6.61 Å². The Balaban J connectivity index is 1.63. The zero-order valence-corrected chi connectivity index (χ0v) is 17.9. The Morgan fingerprint density at radius 2 is 1.96 bits per heavy atom. The van der Waals surface area contributed by atoms with Gasteiger partial charge in [0.05, 0.1) is 24.9 Å². The summed E-state index contributed by atoms with van der Waals surface area (Å²) < 4.78 is 17.8. The highest BCUT2D eigenvalue weighted by atomic mass is 16.5. The molecule has 28 heavy (non-hydrogen) atoms. The van der Waals surface area contributed by atoms with Gasteiger partial charge in [0, 0.05) is 38.2 Å². The van der Waals surface area contributed by atoms with Gasteiger partial charge in [-0.05, 0) is 46.3 Å². The lowest BCUT2D eigenvalue weighted by molar-refractivity contribution is -0.173. The van der Waals surface area contributed by atoms with Gasteiger partial charge in [0.25, 0.3) is 0 Å². The van der Waals surface area contributed by atoms with Crippen LogP contribution in [0.1, 0.15) is 38.2 Å². The van der Waals surface area contributed by atoms with Gasteiger partial charge in [0.2, 0.25) is 0 Å². The summed E-state index contributed by atoms with van der Waals surface area (Å²) in [6.07, 6.45) is 3.40. The van der Waals surface area contributed by atoms with E-state index in [-0.39, 0.29) is 5.60 Å². The van der Waals surface area contributed by atoms with Crippen LogP contribution in [0.5, 0.6) is 11.5 Å². The number of methoxy groups -OCH3 is 1. The summed E-state index contributed by atoms with van der Waals surface area (Å²) in [4.78, 5) is 4.56. The molecular weight excluding hydrogens is 356 g/mol. The number of para-hydroxylation sites is 1. The summed E-state index contributed by atoms with van der Waals surface area (Å²) in [7, 11) is 5.77. The molecule has 0 saturated carbocycles. The minimum atomic E-state index is -0.597. The molecule has 3 rings (SSSR count). The molecule has 1 aromatic rings. The zero-order valence-electron chi connectivity index (χ0n) is 17.9. The topological polar surface area (TPSA) is 54.4 Å². The second-order valence-electron chi connectivity index (χ2n) is 8.83. The quantitative estimate of drug-likeness (QED) is 0.770. The predicted molar refractivity (Wildman–Crippen MR) is 110 cm³/mol. The van der Waals surface area contributed by atoms with Crippen molar-refractivity contribution in [2.45, 2.75) is 50.4 Å². The summed E-state index contributed by atoms with van der Waals surface area (Å²) in [5.74, 6) is 1.64. The van der Waals surface area contributed by atoms with Crippen molar-refractivity contribution in [2.24, 2.45) is 0 Å². The van der Waals surface area contributed by atoms with Crippen molar-refractivity contribution in [1.29, 1.82) is 0 Å². The van der Waals surface area contributed by atoms with E-state index >= 15 is 0 Å². The molecule has 2 aliphatic heterocycles. The van der Waals surface area contributed by atoms with Gasteiger partial charge < -0.3 is 24.2 Å². The maximum atomic E-state index is 10.5. The molecule has 6 heteroatoms. The Labute approximate surface area is 169 Å². The highest BCUT2D eigenvalue weighted by Crippen LogP contribution is 2.40. The number of hydrogen-bond acceptors (Lipinski definition) is 6. The van der Waals surface area contributed by atoms with Gasteiger partial charge in [-0.1, -0.05) is 12.1 Å². The molecule has 0 amide bonds. The molecule has 1 atom stereocenters. The van der Waals surface area contributed by atoms with Gasteiger partial charge >= 0.3 is 0 Å². The van der Waals surface area contributed by atoms with Gasteiger partial charge in [-0.15, -0.1) is 0 Å². The third kappa shape index (κ3) is 5.38. The fraction of sp³-hybridized carbons (Fsp3) is 0.727. The molecule has 2 heterocycles. The number of likely N-dealkylation sites (N-methyl/N-ethyl adjacent to an activating group) is 1. The van der Waals surface area contributed by atoms with Crippen LogP contribution in [0.3, 0.4) is 0 Å². The minimum Gasteiger partial charge on any atom is -0.493 e. The summed E-state index contributed by atoms with van der Waals surface area (Å²) in [6.45, 7) is 6.85. The summed E-state index contributed by atoms with van der Waals surface area (Å²) in [6, 6.07) is 6.11. The van der Waals surface area contributed by atoms with Crippen LogP contribution in [0, 0.1) is 0 Å². The Kier molecular flexibility index (Phi) is 6.86. The largest absolute Gasteiger partial charge is 0.493 e. The van der Waals surface area contributed by atoms with Gasteiger partial charge in [-0.3, -0.25) is 4.90 Å². The van der Waals surface area contributed by atoms with E-state index in [0.717, 1.165) is 68.9 Å². The fourth-order valence-electron chi connectivity index (χ4n) is 4.34. The Morgan fingerprint density at radius 1 is 1.21 bits per heavy atom. The van der Waals surface area contributed by atoms with Crippen molar-refractivity contribution in [3.8, 4) is 11.5 Å². The van der Waals surface area contributed by atoms with Crippen LogP contribution in [-0.4, -0.2) is 80.2 Å². The summed E-state index contributed by atoms with van der Waals surface area (Å²) in [5.41, 5.74) is 0.406. The molecule has 0 bridgehead atoms. The molecule has 0 radical (unpaired) electrons. The molecular formula is C22H36N2O4.